The fourth-order valence-electron chi connectivity index (χ4n) is 1.46. The maximum atomic E-state index is 11.8. The Hall–Kier alpha value is -1.92. The quantitative estimate of drug-likeness (QED) is 0.496. The number of nitrogens with one attached hydrogen (secondary N) is 1. The zero-order valence-corrected chi connectivity index (χ0v) is 10.4. The molecule has 2 atom stereocenters. The van der Waals surface area contributed by atoms with E-state index in [9.17, 15) is 19.2 Å². The van der Waals surface area contributed by atoms with E-state index in [4.69, 9.17) is 10.8 Å². The molecule has 0 heterocycles. The molecule has 0 saturated carbocycles. The van der Waals surface area contributed by atoms with Crippen LogP contribution in [-0.2, 0) is 19.2 Å². The molecule has 1 unspecified atom stereocenters. The Bertz CT molecular complexity index is 340. The van der Waals surface area contributed by atoms with E-state index < -0.39 is 36.2 Å². The fourth-order valence-corrected chi connectivity index (χ4v) is 1.46. The molecule has 0 bridgehead atoms. The molecule has 0 aliphatic rings. The van der Waals surface area contributed by atoms with E-state index in [0.29, 0.717) is 6.29 Å². The van der Waals surface area contributed by atoms with E-state index in [-0.39, 0.29) is 12.3 Å². The first-order valence-corrected chi connectivity index (χ1v) is 5.53. The number of primary amides is 1. The van der Waals surface area contributed by atoms with E-state index in [1.807, 2.05) is 0 Å². The number of aldehydes is 1. The van der Waals surface area contributed by atoms with Crippen LogP contribution in [0.1, 0.15) is 26.7 Å². The van der Waals surface area contributed by atoms with Crippen LogP contribution >= 0.6 is 0 Å². The lowest BCUT2D eigenvalue weighted by Crippen LogP contribution is -2.43. The summed E-state index contributed by atoms with van der Waals surface area (Å²) in [6, 6.07) is -1.09. The molecule has 0 radical (unpaired) electrons. The van der Waals surface area contributed by atoms with Crippen molar-refractivity contribution in [3.63, 3.8) is 0 Å². The number of carboxylic acid groups (broad SMARTS) is 1. The first-order valence-electron chi connectivity index (χ1n) is 5.53. The lowest BCUT2D eigenvalue weighted by molar-refractivity contribution is -0.139. The topological polar surface area (TPSA) is 127 Å². The van der Waals surface area contributed by atoms with E-state index in [2.05, 4.69) is 5.32 Å². The van der Waals surface area contributed by atoms with E-state index >= 15 is 0 Å². The molecule has 0 aromatic rings. The van der Waals surface area contributed by atoms with Gasteiger partial charge >= 0.3 is 5.97 Å². The van der Waals surface area contributed by atoms with Gasteiger partial charge in [0, 0.05) is 12.3 Å². The van der Waals surface area contributed by atoms with Crippen LogP contribution in [0.4, 0.5) is 0 Å². The second-order valence-electron chi connectivity index (χ2n) is 4.37. The normalized spacial score (nSPS) is 13.7. The monoisotopic (exact) mass is 258 g/mol. The van der Waals surface area contributed by atoms with Crippen LogP contribution in [-0.4, -0.2) is 35.2 Å². The Balaban J connectivity index is 4.62. The summed E-state index contributed by atoms with van der Waals surface area (Å²) in [5, 5.41) is 10.8. The van der Waals surface area contributed by atoms with Gasteiger partial charge < -0.3 is 21.0 Å². The van der Waals surface area contributed by atoms with Gasteiger partial charge in [-0.3, -0.25) is 14.4 Å². The second-order valence-corrected chi connectivity index (χ2v) is 4.37. The number of amides is 2. The number of carbonyl (C=O) groups excluding carboxylic acids is 3. The summed E-state index contributed by atoms with van der Waals surface area (Å²) < 4.78 is 0. The lowest BCUT2D eigenvalue weighted by atomic mass is 9.91. The molecule has 0 spiro atoms. The molecule has 4 N–H and O–H groups in total. The van der Waals surface area contributed by atoms with Crippen molar-refractivity contribution in [2.45, 2.75) is 32.7 Å². The van der Waals surface area contributed by atoms with Crippen LogP contribution < -0.4 is 11.1 Å². The Morgan fingerprint density at radius 3 is 2.17 bits per heavy atom. The third kappa shape index (κ3) is 5.97. The number of hydrogen-bond acceptors (Lipinski definition) is 4. The Labute approximate surface area is 105 Å². The van der Waals surface area contributed by atoms with Crippen molar-refractivity contribution in [1.29, 1.82) is 0 Å². The molecular weight excluding hydrogens is 240 g/mol. The summed E-state index contributed by atoms with van der Waals surface area (Å²) in [6.07, 6.45) is -0.271. The highest BCUT2D eigenvalue weighted by atomic mass is 16.4. The van der Waals surface area contributed by atoms with Gasteiger partial charge in [0.25, 0.3) is 0 Å². The van der Waals surface area contributed by atoms with E-state index in [0.717, 1.165) is 0 Å². The number of hydrogen-bond donors (Lipinski definition) is 3. The van der Waals surface area contributed by atoms with Crippen LogP contribution in [0, 0.1) is 11.8 Å². The SMILES string of the molecule is CC(C)[C@H](CC(N)=O)C(=O)NC(C=O)CC(=O)O. The van der Waals surface area contributed by atoms with Crippen molar-refractivity contribution >= 4 is 24.1 Å². The van der Waals surface area contributed by atoms with Gasteiger partial charge in [-0.05, 0) is 5.92 Å². The number of rotatable bonds is 8. The maximum Gasteiger partial charge on any atom is 0.305 e. The molecule has 102 valence electrons. The highest BCUT2D eigenvalue weighted by molar-refractivity contribution is 5.87. The Morgan fingerprint density at radius 2 is 1.83 bits per heavy atom. The summed E-state index contributed by atoms with van der Waals surface area (Å²) in [4.78, 5) is 43.7. The summed E-state index contributed by atoms with van der Waals surface area (Å²) in [5.41, 5.74) is 5.03. The average Bonchev–Trinajstić information content (AvgIpc) is 2.23. The third-order valence-electron chi connectivity index (χ3n) is 2.45. The molecule has 0 aromatic heterocycles. The highest BCUT2D eigenvalue weighted by Crippen LogP contribution is 2.15. The predicted molar refractivity (Wildman–Crippen MR) is 62.4 cm³/mol. The average molecular weight is 258 g/mol. The predicted octanol–water partition coefficient (Wildman–Crippen LogP) is -0.708. The van der Waals surface area contributed by atoms with Crippen LogP contribution in [0.3, 0.4) is 0 Å². The molecule has 0 fully saturated rings. The van der Waals surface area contributed by atoms with Gasteiger partial charge in [0.05, 0.1) is 12.5 Å². The number of carbonyl (C=O) groups is 4. The molecule has 0 rings (SSSR count). The molecule has 7 heteroatoms. The van der Waals surface area contributed by atoms with Crippen LogP contribution in [0.2, 0.25) is 0 Å². The van der Waals surface area contributed by atoms with Crippen molar-refractivity contribution in [3.05, 3.63) is 0 Å². The molecule has 0 aliphatic carbocycles. The molecule has 18 heavy (non-hydrogen) atoms. The van der Waals surface area contributed by atoms with Crippen molar-refractivity contribution in [2.24, 2.45) is 17.6 Å². The summed E-state index contributed by atoms with van der Waals surface area (Å²) in [6.45, 7) is 3.47. The van der Waals surface area contributed by atoms with E-state index in [1.165, 1.54) is 0 Å². The number of carboxylic acids is 1. The van der Waals surface area contributed by atoms with Gasteiger partial charge in [-0.25, -0.2) is 0 Å². The molecule has 0 aromatic carbocycles. The van der Waals surface area contributed by atoms with Gasteiger partial charge in [-0.15, -0.1) is 0 Å². The van der Waals surface area contributed by atoms with Crippen molar-refractivity contribution < 1.29 is 24.3 Å². The molecular formula is C11H18N2O5. The third-order valence-corrected chi connectivity index (χ3v) is 2.45. The summed E-state index contributed by atoms with van der Waals surface area (Å²) in [5.74, 6) is -3.16. The number of aliphatic carboxylic acids is 1. The van der Waals surface area contributed by atoms with Crippen molar-refractivity contribution in [2.75, 3.05) is 0 Å². The van der Waals surface area contributed by atoms with Gasteiger partial charge in [0.1, 0.15) is 6.29 Å². The van der Waals surface area contributed by atoms with Crippen LogP contribution in [0.25, 0.3) is 0 Å². The molecule has 2 amide bonds. The number of nitrogens with two attached hydrogens (primary N) is 1. The highest BCUT2D eigenvalue weighted by Gasteiger charge is 2.26. The standard InChI is InChI=1S/C11H18N2O5/c1-6(2)8(4-9(12)15)11(18)13-7(5-14)3-10(16)17/h5-8H,3-4H2,1-2H3,(H2,12,15)(H,13,18)(H,16,17)/t7?,8-/m0/s1. The van der Waals surface area contributed by atoms with Gasteiger partial charge in [0.15, 0.2) is 0 Å². The minimum atomic E-state index is -1.19. The fraction of sp³-hybridized carbons (Fsp3) is 0.636. The minimum absolute atomic E-state index is 0.137. The maximum absolute atomic E-state index is 11.8. The largest absolute Gasteiger partial charge is 0.481 e. The minimum Gasteiger partial charge on any atom is -0.481 e. The van der Waals surface area contributed by atoms with Gasteiger partial charge in [-0.1, -0.05) is 13.8 Å². The van der Waals surface area contributed by atoms with E-state index in [1.54, 1.807) is 13.8 Å². The second kappa shape index (κ2) is 7.41. The zero-order valence-electron chi connectivity index (χ0n) is 10.4. The Kier molecular flexibility index (Phi) is 6.62. The van der Waals surface area contributed by atoms with Crippen LogP contribution in [0.5, 0.6) is 0 Å². The van der Waals surface area contributed by atoms with Crippen molar-refractivity contribution in [3.8, 4) is 0 Å². The smallest absolute Gasteiger partial charge is 0.305 e. The van der Waals surface area contributed by atoms with Gasteiger partial charge in [-0.2, -0.15) is 0 Å². The zero-order chi connectivity index (χ0) is 14.3. The first kappa shape index (κ1) is 16.1. The summed E-state index contributed by atoms with van der Waals surface area (Å²) in [7, 11) is 0. The Morgan fingerprint density at radius 1 is 1.28 bits per heavy atom. The first-order chi connectivity index (χ1) is 8.27. The van der Waals surface area contributed by atoms with Crippen molar-refractivity contribution in [1.82, 2.24) is 5.32 Å². The molecule has 0 saturated heterocycles. The van der Waals surface area contributed by atoms with Gasteiger partial charge in [0.2, 0.25) is 11.8 Å². The summed E-state index contributed by atoms with van der Waals surface area (Å²) >= 11 is 0. The van der Waals surface area contributed by atoms with Crippen LogP contribution in [0.15, 0.2) is 0 Å². The molecule has 0 aliphatic heterocycles. The molecule has 7 nitrogen and oxygen atoms in total. The lowest BCUT2D eigenvalue weighted by Gasteiger charge is -2.20.